The Bertz CT molecular complexity index is 1690. The van der Waals surface area contributed by atoms with Gasteiger partial charge in [-0.1, -0.05) is 60.7 Å². The molecular formula is C34H39Cl2F3N8O3. The van der Waals surface area contributed by atoms with Crippen LogP contribution in [0.5, 0.6) is 5.75 Å². The Morgan fingerprint density at radius 1 is 0.940 bits per heavy atom. The predicted molar refractivity (Wildman–Crippen MR) is 185 cm³/mol. The molecule has 0 radical (unpaired) electrons. The lowest BCUT2D eigenvalue weighted by atomic mass is 9.81. The van der Waals surface area contributed by atoms with E-state index in [1.165, 1.54) is 20.1 Å². The smallest absolute Gasteiger partial charge is 0.453 e. The first kappa shape index (κ1) is 38.6. The summed E-state index contributed by atoms with van der Waals surface area (Å²) < 4.78 is 47.4. The first-order chi connectivity index (χ1) is 23.1. The number of methoxy groups -OCH3 is 1. The monoisotopic (exact) mass is 734 g/mol. The molecule has 50 heavy (non-hydrogen) atoms. The average molecular weight is 736 g/mol. The lowest BCUT2D eigenvalue weighted by Crippen LogP contribution is -2.67. The maximum absolute atomic E-state index is 13.7. The van der Waals surface area contributed by atoms with E-state index in [0.717, 1.165) is 11.1 Å². The van der Waals surface area contributed by atoms with Crippen LogP contribution in [-0.2, 0) is 22.3 Å². The number of rotatable bonds is 9. The van der Waals surface area contributed by atoms with E-state index in [4.69, 9.17) is 4.74 Å². The zero-order valence-electron chi connectivity index (χ0n) is 27.5. The van der Waals surface area contributed by atoms with Gasteiger partial charge in [-0.25, -0.2) is 0 Å². The van der Waals surface area contributed by atoms with E-state index in [1.807, 2.05) is 36.4 Å². The molecule has 2 atom stereocenters. The van der Waals surface area contributed by atoms with Gasteiger partial charge in [0.1, 0.15) is 5.75 Å². The molecule has 0 bridgehead atoms. The fourth-order valence-corrected chi connectivity index (χ4v) is 6.93. The Balaban J connectivity index is 0.00000281. The summed E-state index contributed by atoms with van der Waals surface area (Å²) in [7, 11) is 1.53. The van der Waals surface area contributed by atoms with Crippen molar-refractivity contribution in [1.29, 1.82) is 0 Å². The molecule has 1 N–H and O–H groups in total. The summed E-state index contributed by atoms with van der Waals surface area (Å²) in [5.74, 6) is -1.09. The van der Waals surface area contributed by atoms with E-state index < -0.39 is 12.0 Å². The number of aromatic nitrogens is 4. The summed E-state index contributed by atoms with van der Waals surface area (Å²) in [4.78, 5) is 31.2. The molecule has 2 aliphatic heterocycles. The number of carbonyl (C=O) groups excluding carboxylic acids is 2. The van der Waals surface area contributed by atoms with Crippen LogP contribution in [0.3, 0.4) is 0 Å². The van der Waals surface area contributed by atoms with Crippen molar-refractivity contribution < 1.29 is 27.5 Å². The normalized spacial score (nSPS) is 18.1. The molecule has 0 saturated carbocycles. The second-order valence-corrected chi connectivity index (χ2v) is 12.1. The van der Waals surface area contributed by atoms with Crippen molar-refractivity contribution >= 4 is 36.6 Å². The van der Waals surface area contributed by atoms with E-state index in [-0.39, 0.29) is 66.9 Å². The highest BCUT2D eigenvalue weighted by atomic mass is 35.5. The van der Waals surface area contributed by atoms with Crippen LogP contribution in [0.15, 0.2) is 78.9 Å². The zero-order chi connectivity index (χ0) is 33.8. The largest absolute Gasteiger partial charge is 0.496 e. The molecule has 6 rings (SSSR count). The quantitative estimate of drug-likeness (QED) is 0.273. The number of piperazine rings is 2. The van der Waals surface area contributed by atoms with Crippen LogP contribution in [-0.4, -0.2) is 105 Å². The van der Waals surface area contributed by atoms with Gasteiger partial charge < -0.3 is 15.0 Å². The fraction of sp³-hybridized carbons (Fsp3) is 0.382. The number of ether oxygens (including phenoxy) is 1. The van der Waals surface area contributed by atoms with Gasteiger partial charge in [0, 0.05) is 69.8 Å². The maximum Gasteiger partial charge on any atom is 0.453 e. The number of halogens is 5. The van der Waals surface area contributed by atoms with Crippen LogP contribution in [0.25, 0.3) is 5.69 Å². The molecule has 0 unspecified atom stereocenters. The van der Waals surface area contributed by atoms with Crippen LogP contribution < -0.4 is 10.1 Å². The van der Waals surface area contributed by atoms with E-state index in [9.17, 15) is 22.8 Å². The highest BCUT2D eigenvalue weighted by Crippen LogP contribution is 2.37. The van der Waals surface area contributed by atoms with Crippen LogP contribution in [0.2, 0.25) is 0 Å². The van der Waals surface area contributed by atoms with Gasteiger partial charge in [0.15, 0.2) is 0 Å². The number of tetrazole rings is 1. The van der Waals surface area contributed by atoms with Crippen molar-refractivity contribution in [1.82, 2.24) is 40.2 Å². The Hall–Kier alpha value is -4.24. The van der Waals surface area contributed by atoms with Crippen molar-refractivity contribution in [2.24, 2.45) is 0 Å². The average Bonchev–Trinajstić information content (AvgIpc) is 3.59. The summed E-state index contributed by atoms with van der Waals surface area (Å²) >= 11 is 0. The Kier molecular flexibility index (Phi) is 12.8. The van der Waals surface area contributed by atoms with Gasteiger partial charge in [-0.3, -0.25) is 19.4 Å². The highest BCUT2D eigenvalue weighted by Gasteiger charge is 2.43. The number of hydrogen-bond donors (Lipinski definition) is 1. The van der Waals surface area contributed by atoms with Crippen LogP contribution in [0.4, 0.5) is 13.2 Å². The van der Waals surface area contributed by atoms with Crippen LogP contribution in [0, 0.1) is 0 Å². The lowest BCUT2D eigenvalue weighted by molar-refractivity contribution is -0.146. The number of hydrogen-bond acceptors (Lipinski definition) is 8. The number of benzene rings is 3. The SMILES string of the molecule is COc1ccc(-n2nnnc2C(F)(F)F)cc1CN1C[C@@H]2CN(C(=O)CNC(C)=O)CCN2[C@H](C(c2ccccc2)c2ccccc2)C1.Cl.Cl. The lowest BCUT2D eigenvalue weighted by Gasteiger charge is -2.53. The minimum atomic E-state index is -4.73. The summed E-state index contributed by atoms with van der Waals surface area (Å²) in [5.41, 5.74) is 3.17. The topological polar surface area (TPSA) is 109 Å². The Morgan fingerprint density at radius 3 is 2.20 bits per heavy atom. The molecular weight excluding hydrogens is 696 g/mol. The number of nitrogens with zero attached hydrogens (tertiary/aromatic N) is 7. The number of carbonyl (C=O) groups is 2. The maximum atomic E-state index is 13.7. The third-order valence-electron chi connectivity index (χ3n) is 9.04. The van der Waals surface area contributed by atoms with Crippen molar-refractivity contribution in [3.8, 4) is 11.4 Å². The van der Waals surface area contributed by atoms with Gasteiger partial charge >= 0.3 is 6.18 Å². The minimum Gasteiger partial charge on any atom is -0.496 e. The molecule has 11 nitrogen and oxygen atoms in total. The molecule has 2 saturated heterocycles. The molecule has 16 heteroatoms. The van der Waals surface area contributed by atoms with Gasteiger partial charge in [-0.2, -0.15) is 17.9 Å². The first-order valence-corrected chi connectivity index (χ1v) is 15.8. The van der Waals surface area contributed by atoms with E-state index in [2.05, 4.69) is 54.9 Å². The van der Waals surface area contributed by atoms with Gasteiger partial charge in [0.05, 0.1) is 19.3 Å². The number of alkyl halides is 3. The minimum absolute atomic E-state index is 0. The Labute approximate surface area is 300 Å². The second kappa shape index (κ2) is 16.6. The Morgan fingerprint density at radius 2 is 1.60 bits per heavy atom. The standard InChI is InChI=1S/C34H37F3N8O3.2ClH/c1-23(46)38-18-31(47)43-15-16-44-28(21-43)20-42(22-29(44)32(24-9-5-3-6-10-24)25-11-7-4-8-12-25)19-26-17-27(13-14-30(26)48-2)45-33(34(35,36)37)39-40-41-45;;/h3-14,17,28-29,32H,15-16,18-22H2,1-2H3,(H,38,46);2*1H/t28-,29+;;/m1../s1. The van der Waals surface area contributed by atoms with Crippen molar-refractivity contribution in [3.63, 3.8) is 0 Å². The molecule has 268 valence electrons. The third kappa shape index (κ3) is 8.55. The second-order valence-electron chi connectivity index (χ2n) is 12.1. The molecule has 1 aromatic heterocycles. The number of nitrogens with one attached hydrogen (secondary N) is 1. The molecule has 4 aromatic rings. The summed E-state index contributed by atoms with van der Waals surface area (Å²) in [6.07, 6.45) is -4.73. The van der Waals surface area contributed by atoms with E-state index >= 15 is 0 Å². The van der Waals surface area contributed by atoms with E-state index in [1.54, 1.807) is 17.0 Å². The van der Waals surface area contributed by atoms with Gasteiger partial charge in [-0.15, -0.1) is 29.9 Å². The number of fused-ring (bicyclic) bond motifs is 1. The third-order valence-corrected chi connectivity index (χ3v) is 9.04. The number of amides is 2. The van der Waals surface area contributed by atoms with Crippen molar-refractivity contribution in [3.05, 3.63) is 101 Å². The molecule has 3 heterocycles. The van der Waals surface area contributed by atoms with Gasteiger partial charge in [-0.05, 0) is 39.8 Å². The molecule has 3 aromatic carbocycles. The molecule has 2 amide bonds. The predicted octanol–water partition coefficient (Wildman–Crippen LogP) is 4.20. The molecule has 2 aliphatic rings. The summed E-state index contributed by atoms with van der Waals surface area (Å²) in [6.45, 7) is 4.60. The highest BCUT2D eigenvalue weighted by molar-refractivity contribution is 5.85. The molecule has 2 fully saturated rings. The molecule has 0 aliphatic carbocycles. The van der Waals surface area contributed by atoms with Crippen molar-refractivity contribution in [2.75, 3.05) is 46.4 Å². The van der Waals surface area contributed by atoms with Crippen LogP contribution in [0.1, 0.15) is 35.4 Å². The first-order valence-electron chi connectivity index (χ1n) is 15.8. The van der Waals surface area contributed by atoms with Gasteiger partial charge in [0.25, 0.3) is 5.82 Å². The zero-order valence-corrected chi connectivity index (χ0v) is 29.1. The summed E-state index contributed by atoms with van der Waals surface area (Å²) in [6, 6.07) is 25.4. The van der Waals surface area contributed by atoms with Gasteiger partial charge in [0.2, 0.25) is 11.8 Å². The molecule has 0 spiro atoms. The van der Waals surface area contributed by atoms with Crippen molar-refractivity contribution in [2.45, 2.75) is 37.6 Å². The summed E-state index contributed by atoms with van der Waals surface area (Å²) in [5, 5.41) is 12.7. The van der Waals surface area contributed by atoms with E-state index in [0.29, 0.717) is 55.3 Å². The fourth-order valence-electron chi connectivity index (χ4n) is 6.93. The van der Waals surface area contributed by atoms with Crippen LogP contribution >= 0.6 is 24.8 Å².